The summed E-state index contributed by atoms with van der Waals surface area (Å²) in [5, 5.41) is 10.3. The Morgan fingerprint density at radius 3 is 2.53 bits per heavy atom. The van der Waals surface area contributed by atoms with Crippen molar-refractivity contribution in [2.75, 3.05) is 5.32 Å². The van der Waals surface area contributed by atoms with Gasteiger partial charge in [-0.2, -0.15) is 0 Å². The van der Waals surface area contributed by atoms with E-state index >= 15 is 0 Å². The van der Waals surface area contributed by atoms with E-state index in [0.29, 0.717) is 11.0 Å². The van der Waals surface area contributed by atoms with Crippen molar-refractivity contribution in [3.05, 3.63) is 43.5 Å². The molecule has 0 aliphatic heterocycles. The van der Waals surface area contributed by atoms with Gasteiger partial charge in [-0.3, -0.25) is 0 Å². The lowest BCUT2D eigenvalue weighted by Crippen LogP contribution is -2.12. The van der Waals surface area contributed by atoms with E-state index < -0.39 is 10.0 Å². The summed E-state index contributed by atoms with van der Waals surface area (Å²) in [6.07, 6.45) is 0. The van der Waals surface area contributed by atoms with Crippen molar-refractivity contribution in [2.24, 2.45) is 5.14 Å². The van der Waals surface area contributed by atoms with Crippen molar-refractivity contribution >= 4 is 58.9 Å². The second kappa shape index (κ2) is 5.92. The highest BCUT2D eigenvalue weighted by Gasteiger charge is 2.10. The summed E-state index contributed by atoms with van der Waals surface area (Å²) in [7, 11) is -3.67. The van der Waals surface area contributed by atoms with Crippen LogP contribution in [0.3, 0.4) is 0 Å². The van der Waals surface area contributed by atoms with E-state index in [0.717, 1.165) is 15.0 Å². The van der Waals surface area contributed by atoms with Gasteiger partial charge in [-0.1, -0.05) is 0 Å². The molecule has 3 N–H and O–H groups in total. The first-order valence-electron chi connectivity index (χ1n) is 5.15. The van der Waals surface area contributed by atoms with Crippen LogP contribution in [0, 0.1) is 0 Å². The maximum Gasteiger partial charge on any atom is 0.238 e. The predicted octanol–water partition coefficient (Wildman–Crippen LogP) is 3.53. The second-order valence-corrected chi connectivity index (χ2v) is 8.51. The van der Waals surface area contributed by atoms with Crippen molar-refractivity contribution in [3.63, 3.8) is 0 Å². The Morgan fingerprint density at radius 1 is 1.26 bits per heavy atom. The zero-order valence-electron chi connectivity index (χ0n) is 9.56. The second-order valence-electron chi connectivity index (χ2n) is 3.80. The quantitative estimate of drug-likeness (QED) is 0.786. The van der Waals surface area contributed by atoms with Crippen LogP contribution >= 0.6 is 43.2 Å². The molecule has 0 spiro atoms. The van der Waals surface area contributed by atoms with Gasteiger partial charge in [0.25, 0.3) is 0 Å². The van der Waals surface area contributed by atoms with Gasteiger partial charge in [-0.05, 0) is 67.1 Å². The lowest BCUT2D eigenvalue weighted by Gasteiger charge is -2.08. The standard InChI is InChI=1S/C11H10Br2N2O2S2/c12-9-4-8(19(14,16)17)1-2-10(9)15-5-7-3-11(13)18-6-7/h1-4,6,15H,5H2,(H2,14,16,17). The van der Waals surface area contributed by atoms with E-state index in [9.17, 15) is 8.42 Å². The predicted molar refractivity (Wildman–Crippen MR) is 84.9 cm³/mol. The number of rotatable bonds is 4. The van der Waals surface area contributed by atoms with Gasteiger partial charge in [0.2, 0.25) is 10.0 Å². The zero-order valence-corrected chi connectivity index (χ0v) is 14.4. The van der Waals surface area contributed by atoms with Crippen LogP contribution in [-0.4, -0.2) is 8.42 Å². The first kappa shape index (κ1) is 15.0. The molecule has 0 bridgehead atoms. The Morgan fingerprint density at radius 2 is 2.00 bits per heavy atom. The molecule has 8 heteroatoms. The third kappa shape index (κ3) is 4.03. The number of hydrogen-bond donors (Lipinski definition) is 2. The molecule has 1 aromatic carbocycles. The first-order chi connectivity index (χ1) is 8.86. The minimum absolute atomic E-state index is 0.0863. The number of halogens is 2. The molecule has 0 aliphatic carbocycles. The molecule has 19 heavy (non-hydrogen) atoms. The number of benzene rings is 1. The molecular formula is C11H10Br2N2O2S2. The summed E-state index contributed by atoms with van der Waals surface area (Å²) in [5.41, 5.74) is 1.97. The van der Waals surface area contributed by atoms with Gasteiger partial charge >= 0.3 is 0 Å². The Labute approximate surface area is 132 Å². The van der Waals surface area contributed by atoms with Gasteiger partial charge in [-0.25, -0.2) is 13.6 Å². The molecular weight excluding hydrogens is 416 g/mol. The third-order valence-corrected chi connectivity index (χ3v) is 5.49. The minimum atomic E-state index is -3.67. The monoisotopic (exact) mass is 424 g/mol. The molecule has 2 aromatic rings. The first-order valence-corrected chi connectivity index (χ1v) is 9.16. The summed E-state index contributed by atoms with van der Waals surface area (Å²) in [6, 6.07) is 6.68. The number of sulfonamides is 1. The van der Waals surface area contributed by atoms with Gasteiger partial charge in [0.05, 0.1) is 8.68 Å². The third-order valence-electron chi connectivity index (χ3n) is 2.37. The number of nitrogens with one attached hydrogen (secondary N) is 1. The Bertz CT molecular complexity index is 698. The van der Waals surface area contributed by atoms with Crippen molar-refractivity contribution in [1.82, 2.24) is 0 Å². The average molecular weight is 426 g/mol. The van der Waals surface area contributed by atoms with Crippen LogP contribution in [0.1, 0.15) is 5.56 Å². The van der Waals surface area contributed by atoms with Crippen LogP contribution in [0.2, 0.25) is 0 Å². The summed E-state index contributed by atoms with van der Waals surface area (Å²) in [5.74, 6) is 0. The highest BCUT2D eigenvalue weighted by Crippen LogP contribution is 2.27. The topological polar surface area (TPSA) is 72.2 Å². The highest BCUT2D eigenvalue weighted by atomic mass is 79.9. The fourth-order valence-corrected chi connectivity index (χ4v) is 3.87. The van der Waals surface area contributed by atoms with Crippen molar-refractivity contribution in [3.8, 4) is 0 Å². The molecule has 0 atom stereocenters. The van der Waals surface area contributed by atoms with Crippen LogP contribution in [0.4, 0.5) is 5.69 Å². The van der Waals surface area contributed by atoms with Gasteiger partial charge in [0.1, 0.15) is 0 Å². The summed E-state index contributed by atoms with van der Waals surface area (Å²) in [6.45, 7) is 0.662. The van der Waals surface area contributed by atoms with E-state index in [1.165, 1.54) is 12.1 Å². The van der Waals surface area contributed by atoms with E-state index in [2.05, 4.69) is 37.2 Å². The number of anilines is 1. The van der Waals surface area contributed by atoms with Gasteiger partial charge < -0.3 is 5.32 Å². The normalized spacial score (nSPS) is 11.5. The maximum atomic E-state index is 11.2. The van der Waals surface area contributed by atoms with Crippen LogP contribution in [-0.2, 0) is 16.6 Å². The van der Waals surface area contributed by atoms with Gasteiger partial charge in [0, 0.05) is 16.7 Å². The fraction of sp³-hybridized carbons (Fsp3) is 0.0909. The SMILES string of the molecule is NS(=O)(=O)c1ccc(NCc2csc(Br)c2)c(Br)c1. The molecule has 0 unspecified atom stereocenters. The smallest absolute Gasteiger partial charge is 0.238 e. The molecule has 0 aliphatic rings. The zero-order chi connectivity index (χ0) is 14.0. The van der Waals surface area contributed by atoms with Crippen LogP contribution in [0.25, 0.3) is 0 Å². The van der Waals surface area contributed by atoms with E-state index in [1.54, 1.807) is 17.4 Å². The van der Waals surface area contributed by atoms with Gasteiger partial charge in [-0.15, -0.1) is 11.3 Å². The van der Waals surface area contributed by atoms with E-state index in [4.69, 9.17) is 5.14 Å². The molecule has 2 rings (SSSR count). The molecule has 0 radical (unpaired) electrons. The lowest BCUT2D eigenvalue weighted by atomic mass is 10.3. The number of hydrogen-bond acceptors (Lipinski definition) is 4. The Kier molecular flexibility index (Phi) is 4.67. The number of nitrogens with two attached hydrogens (primary N) is 1. The molecule has 0 amide bonds. The molecule has 4 nitrogen and oxygen atoms in total. The van der Waals surface area contributed by atoms with Crippen LogP contribution < -0.4 is 10.5 Å². The van der Waals surface area contributed by atoms with Crippen LogP contribution in [0.15, 0.2) is 42.8 Å². The summed E-state index contributed by atoms with van der Waals surface area (Å²) < 4.78 is 24.2. The van der Waals surface area contributed by atoms with Crippen molar-refractivity contribution in [1.29, 1.82) is 0 Å². The molecule has 0 fully saturated rings. The lowest BCUT2D eigenvalue weighted by molar-refractivity contribution is 0.598. The maximum absolute atomic E-state index is 11.2. The average Bonchev–Trinajstić information content (AvgIpc) is 2.72. The largest absolute Gasteiger partial charge is 0.380 e. The van der Waals surface area contributed by atoms with Crippen LogP contribution in [0.5, 0.6) is 0 Å². The molecule has 0 saturated carbocycles. The van der Waals surface area contributed by atoms with E-state index in [1.807, 2.05) is 11.4 Å². The Balaban J connectivity index is 2.14. The highest BCUT2D eigenvalue weighted by molar-refractivity contribution is 9.11. The van der Waals surface area contributed by atoms with Crippen molar-refractivity contribution < 1.29 is 8.42 Å². The minimum Gasteiger partial charge on any atom is -0.380 e. The number of thiophene rings is 1. The fourth-order valence-electron chi connectivity index (χ4n) is 1.45. The molecule has 102 valence electrons. The Hall–Kier alpha value is -0.410. The summed E-state index contributed by atoms with van der Waals surface area (Å²) >= 11 is 8.35. The van der Waals surface area contributed by atoms with Gasteiger partial charge in [0.15, 0.2) is 0 Å². The number of primary sulfonamides is 1. The molecule has 0 saturated heterocycles. The summed E-state index contributed by atoms with van der Waals surface area (Å²) in [4.78, 5) is 0.0863. The molecule has 1 aromatic heterocycles. The molecule has 1 heterocycles. The van der Waals surface area contributed by atoms with E-state index in [-0.39, 0.29) is 4.90 Å². The van der Waals surface area contributed by atoms with Crippen molar-refractivity contribution in [2.45, 2.75) is 11.4 Å².